The van der Waals surface area contributed by atoms with E-state index in [0.717, 1.165) is 6.07 Å². The van der Waals surface area contributed by atoms with Crippen molar-refractivity contribution in [2.24, 2.45) is 0 Å². The van der Waals surface area contributed by atoms with Crippen molar-refractivity contribution in [1.29, 1.82) is 0 Å². The summed E-state index contributed by atoms with van der Waals surface area (Å²) < 4.78 is 44.0. The van der Waals surface area contributed by atoms with Crippen LogP contribution in [0.1, 0.15) is 11.3 Å². The first-order valence-corrected chi connectivity index (χ1v) is 7.75. The molecule has 134 valence electrons. The lowest BCUT2D eigenvalue weighted by Gasteiger charge is -2.34. The zero-order chi connectivity index (χ0) is 18.0. The van der Waals surface area contributed by atoms with Crippen molar-refractivity contribution in [3.63, 3.8) is 0 Å². The number of carbonyl (C=O) groups is 1. The Hall–Kier alpha value is -2.71. The van der Waals surface area contributed by atoms with Crippen molar-refractivity contribution in [2.75, 3.05) is 36.4 Å². The van der Waals surface area contributed by atoms with Crippen molar-refractivity contribution in [3.8, 4) is 0 Å². The number of alkyl halides is 3. The molecule has 2 amide bonds. The lowest BCUT2D eigenvalue weighted by Crippen LogP contribution is -2.50. The van der Waals surface area contributed by atoms with Gasteiger partial charge < -0.3 is 19.6 Å². The molecule has 9 heteroatoms. The number of aryl methyl sites for hydroxylation is 1. The third-order valence-electron chi connectivity index (χ3n) is 3.98. The number of nitrogens with zero attached hydrogens (tertiary/aromatic N) is 3. The number of carbonyl (C=O) groups excluding carboxylic acids is 1. The summed E-state index contributed by atoms with van der Waals surface area (Å²) in [5.74, 6) is 1.39. The van der Waals surface area contributed by atoms with E-state index >= 15 is 0 Å². The van der Waals surface area contributed by atoms with Gasteiger partial charge in [-0.15, -0.1) is 0 Å². The van der Waals surface area contributed by atoms with Crippen LogP contribution < -0.4 is 10.2 Å². The Morgan fingerprint density at radius 3 is 2.48 bits per heavy atom. The van der Waals surface area contributed by atoms with Crippen molar-refractivity contribution in [3.05, 3.63) is 41.7 Å². The molecule has 1 aromatic carbocycles. The molecule has 1 aliphatic rings. The second-order valence-corrected chi connectivity index (χ2v) is 5.74. The van der Waals surface area contributed by atoms with Crippen molar-refractivity contribution in [2.45, 2.75) is 13.1 Å². The Balaban J connectivity index is 1.62. The number of halogens is 3. The summed E-state index contributed by atoms with van der Waals surface area (Å²) in [4.78, 5) is 15.7. The molecule has 2 aromatic rings. The molecular formula is C16H17F3N4O2. The Bertz CT molecular complexity index is 752. The van der Waals surface area contributed by atoms with Gasteiger partial charge in [-0.25, -0.2) is 4.79 Å². The SMILES string of the molecule is Cc1cc(N2CCN(C(=O)Nc3ccccc3C(F)(F)F)CC2)no1. The number of para-hydroxylation sites is 1. The van der Waals surface area contributed by atoms with E-state index in [1.807, 2.05) is 4.90 Å². The van der Waals surface area contributed by atoms with Crippen molar-refractivity contribution >= 4 is 17.5 Å². The standard InChI is InChI=1S/C16H17F3N4O2/c1-11-10-14(21-25-11)22-6-8-23(9-7-22)15(24)20-13-5-3-2-4-12(13)16(17,18)19/h2-5,10H,6-9H2,1H3,(H,20,24). The van der Waals surface area contributed by atoms with Crippen LogP contribution >= 0.6 is 0 Å². The van der Waals surface area contributed by atoms with Crippen LogP contribution in [0, 0.1) is 6.92 Å². The summed E-state index contributed by atoms with van der Waals surface area (Å²) in [6, 6.07) is 6.19. The summed E-state index contributed by atoms with van der Waals surface area (Å²) in [5.41, 5.74) is -1.10. The maximum atomic E-state index is 13.0. The molecule has 2 heterocycles. The van der Waals surface area contributed by atoms with E-state index in [1.165, 1.54) is 23.1 Å². The van der Waals surface area contributed by atoms with Gasteiger partial charge in [0.1, 0.15) is 5.76 Å². The van der Waals surface area contributed by atoms with Crippen LogP contribution in [0.15, 0.2) is 34.9 Å². The average Bonchev–Trinajstić information content (AvgIpc) is 3.01. The zero-order valence-electron chi connectivity index (χ0n) is 13.5. The smallest absolute Gasteiger partial charge is 0.360 e. The molecule has 25 heavy (non-hydrogen) atoms. The minimum Gasteiger partial charge on any atom is -0.360 e. The predicted octanol–water partition coefficient (Wildman–Crippen LogP) is 3.36. The van der Waals surface area contributed by atoms with Crippen molar-refractivity contribution in [1.82, 2.24) is 10.1 Å². The van der Waals surface area contributed by atoms with Gasteiger partial charge in [0.05, 0.1) is 11.3 Å². The van der Waals surface area contributed by atoms with Crippen LogP contribution in [-0.4, -0.2) is 42.3 Å². The number of nitrogens with one attached hydrogen (secondary N) is 1. The molecule has 3 rings (SSSR count). The number of anilines is 2. The van der Waals surface area contributed by atoms with E-state index in [2.05, 4.69) is 10.5 Å². The van der Waals surface area contributed by atoms with E-state index < -0.39 is 17.8 Å². The van der Waals surface area contributed by atoms with Gasteiger partial charge in [0.15, 0.2) is 5.82 Å². The summed E-state index contributed by atoms with van der Waals surface area (Å²) in [5, 5.41) is 6.28. The summed E-state index contributed by atoms with van der Waals surface area (Å²) in [6.45, 7) is 3.61. The highest BCUT2D eigenvalue weighted by atomic mass is 19.4. The molecule has 0 spiro atoms. The molecule has 1 aliphatic heterocycles. The number of rotatable bonds is 2. The van der Waals surface area contributed by atoms with Crippen LogP contribution in [0.5, 0.6) is 0 Å². The highest BCUT2D eigenvalue weighted by Crippen LogP contribution is 2.34. The van der Waals surface area contributed by atoms with Crippen LogP contribution in [-0.2, 0) is 6.18 Å². The second kappa shape index (κ2) is 6.66. The van der Waals surface area contributed by atoms with Gasteiger partial charge in [-0.3, -0.25) is 0 Å². The fourth-order valence-corrected chi connectivity index (χ4v) is 2.67. The quantitative estimate of drug-likeness (QED) is 0.898. The van der Waals surface area contributed by atoms with E-state index in [-0.39, 0.29) is 5.69 Å². The molecule has 0 radical (unpaired) electrons. The van der Waals surface area contributed by atoms with E-state index in [9.17, 15) is 18.0 Å². The van der Waals surface area contributed by atoms with Crippen LogP contribution in [0.2, 0.25) is 0 Å². The van der Waals surface area contributed by atoms with Gasteiger partial charge in [-0.05, 0) is 19.1 Å². The van der Waals surface area contributed by atoms with Gasteiger partial charge in [-0.1, -0.05) is 17.3 Å². The number of amides is 2. The molecule has 0 unspecified atom stereocenters. The Labute approximate surface area is 142 Å². The molecule has 6 nitrogen and oxygen atoms in total. The fraction of sp³-hybridized carbons (Fsp3) is 0.375. The minimum atomic E-state index is -4.52. The lowest BCUT2D eigenvalue weighted by atomic mass is 10.1. The van der Waals surface area contributed by atoms with Gasteiger partial charge in [0, 0.05) is 32.2 Å². The predicted molar refractivity (Wildman–Crippen MR) is 85.5 cm³/mol. The van der Waals surface area contributed by atoms with Crippen LogP contribution in [0.3, 0.4) is 0 Å². The number of piperazine rings is 1. The number of hydrogen-bond acceptors (Lipinski definition) is 4. The van der Waals surface area contributed by atoms with Gasteiger partial charge in [0.2, 0.25) is 0 Å². The summed E-state index contributed by atoms with van der Waals surface area (Å²) in [7, 11) is 0. The van der Waals surface area contributed by atoms with Gasteiger partial charge >= 0.3 is 12.2 Å². The van der Waals surface area contributed by atoms with E-state index in [0.29, 0.717) is 37.8 Å². The molecule has 0 bridgehead atoms. The molecule has 1 fully saturated rings. The van der Waals surface area contributed by atoms with Gasteiger partial charge in [0.25, 0.3) is 0 Å². The topological polar surface area (TPSA) is 61.6 Å². The van der Waals surface area contributed by atoms with Gasteiger partial charge in [-0.2, -0.15) is 13.2 Å². The molecule has 1 aromatic heterocycles. The van der Waals surface area contributed by atoms with E-state index in [1.54, 1.807) is 13.0 Å². The maximum absolute atomic E-state index is 13.0. The maximum Gasteiger partial charge on any atom is 0.418 e. The third kappa shape index (κ3) is 3.86. The lowest BCUT2D eigenvalue weighted by molar-refractivity contribution is -0.136. The number of benzene rings is 1. The molecule has 0 aliphatic carbocycles. The summed E-state index contributed by atoms with van der Waals surface area (Å²) >= 11 is 0. The summed E-state index contributed by atoms with van der Waals surface area (Å²) in [6.07, 6.45) is -4.52. The molecule has 0 atom stereocenters. The molecule has 1 N–H and O–H groups in total. The Morgan fingerprint density at radius 1 is 1.20 bits per heavy atom. The Kier molecular flexibility index (Phi) is 4.56. The number of hydrogen-bond donors (Lipinski definition) is 1. The van der Waals surface area contributed by atoms with Crippen molar-refractivity contribution < 1.29 is 22.5 Å². The van der Waals surface area contributed by atoms with E-state index in [4.69, 9.17) is 4.52 Å². The molecule has 1 saturated heterocycles. The molecule has 0 saturated carbocycles. The fourth-order valence-electron chi connectivity index (χ4n) is 2.67. The number of urea groups is 1. The highest BCUT2D eigenvalue weighted by Gasteiger charge is 2.34. The monoisotopic (exact) mass is 354 g/mol. The third-order valence-corrected chi connectivity index (χ3v) is 3.98. The largest absolute Gasteiger partial charge is 0.418 e. The van der Waals surface area contributed by atoms with Crippen LogP contribution in [0.4, 0.5) is 29.5 Å². The first-order valence-electron chi connectivity index (χ1n) is 7.75. The Morgan fingerprint density at radius 2 is 1.88 bits per heavy atom. The first-order chi connectivity index (χ1) is 11.8. The average molecular weight is 354 g/mol. The highest BCUT2D eigenvalue weighted by molar-refractivity contribution is 5.90. The number of aromatic nitrogens is 1. The second-order valence-electron chi connectivity index (χ2n) is 5.74. The zero-order valence-corrected chi connectivity index (χ0v) is 13.5. The normalized spacial score (nSPS) is 15.4. The molecular weight excluding hydrogens is 337 g/mol. The van der Waals surface area contributed by atoms with Crippen LogP contribution in [0.25, 0.3) is 0 Å². The minimum absolute atomic E-state index is 0.241. The first kappa shape index (κ1) is 17.1.